The number of hydrogen-bond acceptors (Lipinski definition) is 6. The fraction of sp³-hybridized carbons (Fsp3) is 1.00. The minimum Gasteiger partial charge on any atom is -0.428 e. The SMILES string of the molecule is CCCCO[Si](C)(O)C([SiH3])[Si](C)(O[SiH](O)C1CCCCC1)SO. The van der Waals surface area contributed by atoms with E-state index in [9.17, 15) is 14.1 Å². The van der Waals surface area contributed by atoms with Crippen LogP contribution in [0.25, 0.3) is 0 Å². The summed E-state index contributed by atoms with van der Waals surface area (Å²) in [5.41, 5.74) is 0.296. The zero-order valence-electron chi connectivity index (χ0n) is 15.0. The molecule has 0 aromatic rings. The van der Waals surface area contributed by atoms with Crippen molar-refractivity contribution in [2.75, 3.05) is 6.61 Å². The summed E-state index contributed by atoms with van der Waals surface area (Å²) in [6, 6.07) is 0. The lowest BCUT2D eigenvalue weighted by Crippen LogP contribution is -2.56. The molecule has 4 atom stereocenters. The summed E-state index contributed by atoms with van der Waals surface area (Å²) in [5.74, 6) is 0. The molecule has 138 valence electrons. The summed E-state index contributed by atoms with van der Waals surface area (Å²) < 4.78 is 21.8. The van der Waals surface area contributed by atoms with Crippen LogP contribution in [0.2, 0.25) is 23.4 Å². The highest BCUT2D eigenvalue weighted by molar-refractivity contribution is 8.24. The molecule has 1 saturated carbocycles. The maximum Gasteiger partial charge on any atom is 0.332 e. The largest absolute Gasteiger partial charge is 0.428 e. The summed E-state index contributed by atoms with van der Waals surface area (Å²) >= 11 is 0.760. The van der Waals surface area contributed by atoms with Gasteiger partial charge in [-0.2, -0.15) is 0 Å². The molecule has 1 aliphatic carbocycles. The molecule has 0 saturated heterocycles. The van der Waals surface area contributed by atoms with Crippen molar-refractivity contribution in [2.24, 2.45) is 0 Å². The molecule has 10 heteroatoms. The molecule has 0 spiro atoms. The van der Waals surface area contributed by atoms with Gasteiger partial charge in [-0.25, -0.2) is 0 Å². The summed E-state index contributed by atoms with van der Waals surface area (Å²) in [7, 11) is -7.15. The Labute approximate surface area is 151 Å². The molecule has 3 N–H and O–H groups in total. The van der Waals surface area contributed by atoms with Crippen molar-refractivity contribution in [1.29, 1.82) is 0 Å². The second-order valence-electron chi connectivity index (χ2n) is 6.99. The summed E-state index contributed by atoms with van der Waals surface area (Å²) in [6.45, 7) is 6.39. The molecule has 4 unspecified atom stereocenters. The van der Waals surface area contributed by atoms with Gasteiger partial charge in [0.25, 0.3) is 7.47 Å². The molecule has 0 aromatic carbocycles. The Kier molecular flexibility index (Phi) is 9.82. The van der Waals surface area contributed by atoms with Gasteiger partial charge in [0.2, 0.25) is 0 Å². The molecule has 0 amide bonds. The molecule has 0 heterocycles. The second-order valence-corrected chi connectivity index (χ2v) is 23.0. The molecule has 1 rings (SSSR count). The molecule has 0 aliphatic heterocycles. The van der Waals surface area contributed by atoms with E-state index in [-0.39, 0.29) is 4.79 Å². The van der Waals surface area contributed by atoms with Crippen LogP contribution in [-0.4, -0.2) is 56.3 Å². The highest BCUT2D eigenvalue weighted by Crippen LogP contribution is 2.39. The second kappa shape index (κ2) is 10.2. The Balaban J connectivity index is 2.69. The Hall–Kier alpha value is 1.02. The number of unbranched alkanes of at least 4 members (excludes halogenated alkanes) is 1. The molecule has 1 fully saturated rings. The highest BCUT2D eigenvalue weighted by Gasteiger charge is 2.52. The van der Waals surface area contributed by atoms with E-state index in [4.69, 9.17) is 8.54 Å². The average Bonchev–Trinajstić information content (AvgIpc) is 2.54. The molecule has 0 bridgehead atoms. The van der Waals surface area contributed by atoms with Crippen LogP contribution in [-0.2, 0) is 8.54 Å². The van der Waals surface area contributed by atoms with E-state index in [0.29, 0.717) is 22.4 Å². The van der Waals surface area contributed by atoms with Crippen LogP contribution in [0.15, 0.2) is 0 Å². The monoisotopic (exact) mass is 414 g/mol. The van der Waals surface area contributed by atoms with Crippen LogP contribution in [0.5, 0.6) is 0 Å². The first-order valence-electron chi connectivity index (χ1n) is 8.81. The van der Waals surface area contributed by atoms with E-state index >= 15 is 0 Å². The molecule has 1 aliphatic rings. The third-order valence-corrected chi connectivity index (χ3v) is 28.4. The predicted molar refractivity (Wildman–Crippen MR) is 108 cm³/mol. The normalized spacial score (nSPS) is 24.8. The molecular weight excluding hydrogens is 381 g/mol. The van der Waals surface area contributed by atoms with E-state index in [2.05, 4.69) is 6.92 Å². The molecular formula is C13H34O5SSi4. The summed E-state index contributed by atoms with van der Waals surface area (Å²) in [4.78, 5) is 21.3. The van der Waals surface area contributed by atoms with Gasteiger partial charge in [0, 0.05) is 21.6 Å². The van der Waals surface area contributed by atoms with Crippen molar-refractivity contribution in [3.63, 3.8) is 0 Å². The number of hydrogen-bond donors (Lipinski definition) is 3. The maximum atomic E-state index is 10.8. The van der Waals surface area contributed by atoms with Crippen molar-refractivity contribution in [2.45, 2.75) is 75.3 Å². The molecule has 0 radical (unpaired) electrons. The van der Waals surface area contributed by atoms with Gasteiger partial charge in [0.1, 0.15) is 0 Å². The van der Waals surface area contributed by atoms with Crippen molar-refractivity contribution < 1.29 is 22.7 Å². The maximum absolute atomic E-state index is 10.8. The van der Waals surface area contributed by atoms with Gasteiger partial charge in [-0.3, -0.25) is 0 Å². The smallest absolute Gasteiger partial charge is 0.332 e. The molecule has 0 aromatic heterocycles. The van der Waals surface area contributed by atoms with Gasteiger partial charge in [0.15, 0.2) is 0 Å². The van der Waals surface area contributed by atoms with Gasteiger partial charge in [0.05, 0.1) is 0 Å². The molecule has 5 nitrogen and oxygen atoms in total. The van der Waals surface area contributed by atoms with Gasteiger partial charge in [-0.15, -0.1) is 0 Å². The quantitative estimate of drug-likeness (QED) is 0.288. The van der Waals surface area contributed by atoms with E-state index < -0.39 is 25.3 Å². The third kappa shape index (κ3) is 6.68. The lowest BCUT2D eigenvalue weighted by molar-refractivity contribution is 0.230. The van der Waals surface area contributed by atoms with Crippen molar-refractivity contribution >= 4 is 47.0 Å². The highest BCUT2D eigenvalue weighted by atomic mass is 32.4. The van der Waals surface area contributed by atoms with Gasteiger partial charge in [-0.05, 0) is 49.4 Å². The predicted octanol–water partition coefficient (Wildman–Crippen LogP) is 1.94. The van der Waals surface area contributed by atoms with Crippen LogP contribution >= 0.6 is 11.5 Å². The van der Waals surface area contributed by atoms with Crippen LogP contribution in [0.1, 0.15) is 51.9 Å². The van der Waals surface area contributed by atoms with Crippen LogP contribution < -0.4 is 0 Å². The fourth-order valence-electron chi connectivity index (χ4n) is 2.99. The lowest BCUT2D eigenvalue weighted by Gasteiger charge is -2.39. The van der Waals surface area contributed by atoms with Gasteiger partial charge < -0.3 is 22.7 Å². The first-order valence-corrected chi connectivity index (χ1v) is 18.0. The van der Waals surface area contributed by atoms with Crippen molar-refractivity contribution in [3.8, 4) is 0 Å². The topological polar surface area (TPSA) is 79.2 Å². The van der Waals surface area contributed by atoms with E-state index in [1.54, 1.807) is 6.55 Å². The van der Waals surface area contributed by atoms with Crippen molar-refractivity contribution in [3.05, 3.63) is 0 Å². The third-order valence-electron chi connectivity index (χ3n) is 5.07. The first-order chi connectivity index (χ1) is 10.8. The Bertz CT molecular complexity index is 346. The number of rotatable bonds is 10. The zero-order chi connectivity index (χ0) is 17.5. The van der Waals surface area contributed by atoms with Crippen LogP contribution in [0.4, 0.5) is 0 Å². The van der Waals surface area contributed by atoms with E-state index in [1.165, 1.54) is 19.3 Å². The summed E-state index contributed by atoms with van der Waals surface area (Å²) in [5, 5.41) is 0. The summed E-state index contributed by atoms with van der Waals surface area (Å²) in [6.07, 6.45) is 7.63. The lowest BCUT2D eigenvalue weighted by atomic mass is 10.0. The first kappa shape index (κ1) is 22.1. The zero-order valence-corrected chi connectivity index (χ0v) is 20.9. The Morgan fingerprint density at radius 2 is 1.91 bits per heavy atom. The van der Waals surface area contributed by atoms with Gasteiger partial charge in [-0.1, -0.05) is 32.6 Å². The minimum atomic E-state index is -2.89. The van der Waals surface area contributed by atoms with Gasteiger partial charge >= 0.3 is 17.8 Å². The van der Waals surface area contributed by atoms with Crippen molar-refractivity contribution in [1.82, 2.24) is 0 Å². The Morgan fingerprint density at radius 3 is 2.43 bits per heavy atom. The fourth-order valence-corrected chi connectivity index (χ4v) is 20.3. The minimum absolute atomic E-state index is 0.0763. The van der Waals surface area contributed by atoms with E-state index in [0.717, 1.165) is 37.2 Å². The standard InChI is InChI=1S/C13H34O5SSi4/c1-4-5-11-17-22(2,16)13(20)23(3,19-14)18-21(15)12-9-7-6-8-10-12/h12-16,21H,4-11H2,1-3,20H3. The average molecular weight is 415 g/mol. The van der Waals surface area contributed by atoms with Crippen LogP contribution in [0.3, 0.4) is 0 Å². The molecule has 23 heavy (non-hydrogen) atoms. The van der Waals surface area contributed by atoms with E-state index in [1.807, 2.05) is 6.55 Å². The Morgan fingerprint density at radius 1 is 1.30 bits per heavy atom. The van der Waals surface area contributed by atoms with Crippen LogP contribution in [0, 0.1) is 0 Å².